The summed E-state index contributed by atoms with van der Waals surface area (Å²) in [6.45, 7) is 4.48. The van der Waals surface area contributed by atoms with Gasteiger partial charge in [0.1, 0.15) is 18.1 Å². The number of methoxy groups -OCH3 is 2. The van der Waals surface area contributed by atoms with Crippen LogP contribution in [0.1, 0.15) is 37.4 Å². The molecule has 0 radical (unpaired) electrons. The van der Waals surface area contributed by atoms with Gasteiger partial charge in [-0.3, -0.25) is 4.79 Å². The van der Waals surface area contributed by atoms with Gasteiger partial charge < -0.3 is 24.0 Å². The van der Waals surface area contributed by atoms with Crippen molar-refractivity contribution in [2.24, 2.45) is 4.99 Å². The van der Waals surface area contributed by atoms with E-state index < -0.39 is 12.0 Å². The summed E-state index contributed by atoms with van der Waals surface area (Å²) < 4.78 is 16.9. The van der Waals surface area contributed by atoms with Gasteiger partial charge in [0.05, 0.1) is 38.0 Å². The molecule has 0 aromatic heterocycles. The molecule has 0 saturated carbocycles. The van der Waals surface area contributed by atoms with Crippen LogP contribution in [0.25, 0.3) is 0 Å². The van der Waals surface area contributed by atoms with E-state index in [-0.39, 0.29) is 18.9 Å². The summed E-state index contributed by atoms with van der Waals surface area (Å²) in [6.07, 6.45) is 0.177. The topological polar surface area (TPSA) is 80.7 Å². The van der Waals surface area contributed by atoms with Gasteiger partial charge in [-0.25, -0.2) is 9.79 Å². The fraction of sp³-hybridized carbons (Fsp3) is 0.321. The molecule has 0 bridgehead atoms. The van der Waals surface area contributed by atoms with Crippen LogP contribution in [0.2, 0.25) is 0 Å². The van der Waals surface area contributed by atoms with Crippen molar-refractivity contribution >= 4 is 28.8 Å². The fourth-order valence-corrected chi connectivity index (χ4v) is 5.20. The molecule has 0 N–H and O–H groups in total. The quantitative estimate of drug-likeness (QED) is 0.435. The number of nitrogens with zero attached hydrogens (tertiary/aromatic N) is 3. The number of allylic oxidation sites excluding steroid dienone is 1. The number of amides is 1. The number of hydrogen-bond donors (Lipinski definition) is 0. The van der Waals surface area contributed by atoms with Crippen molar-refractivity contribution in [3.63, 3.8) is 0 Å². The highest BCUT2D eigenvalue weighted by Crippen LogP contribution is 2.47. The molecule has 2 aliphatic heterocycles. The van der Waals surface area contributed by atoms with Crippen molar-refractivity contribution in [1.82, 2.24) is 9.80 Å². The van der Waals surface area contributed by atoms with Crippen LogP contribution in [-0.4, -0.2) is 54.7 Å². The third-order valence-corrected chi connectivity index (χ3v) is 7.29. The van der Waals surface area contributed by atoms with E-state index in [0.29, 0.717) is 34.5 Å². The number of thioether (sulfide) groups is 1. The van der Waals surface area contributed by atoms with Gasteiger partial charge in [0.15, 0.2) is 5.17 Å². The molecule has 9 heteroatoms. The number of fused-ring (bicyclic) bond motifs is 1. The number of carbonyl (C=O) groups excluding carboxylic acids is 2. The van der Waals surface area contributed by atoms with Gasteiger partial charge in [0, 0.05) is 30.9 Å². The molecule has 2 heterocycles. The molecule has 194 valence electrons. The van der Waals surface area contributed by atoms with E-state index in [1.165, 1.54) is 11.8 Å². The summed E-state index contributed by atoms with van der Waals surface area (Å²) in [5.74, 6) is 0.696. The van der Waals surface area contributed by atoms with Gasteiger partial charge in [-0.2, -0.15) is 0 Å². The van der Waals surface area contributed by atoms with E-state index in [9.17, 15) is 9.59 Å². The zero-order chi connectivity index (χ0) is 26.5. The lowest BCUT2D eigenvalue weighted by Gasteiger charge is -2.37. The fourth-order valence-electron chi connectivity index (χ4n) is 4.24. The SMILES string of the molecule is CCN(C)C(=O)CC1=CSC2=NC(C)=C(C(=O)OCc3ccccc3)[C@@H](c3ccc(OC)cc3OC)N12. The van der Waals surface area contributed by atoms with Gasteiger partial charge in [-0.15, -0.1) is 0 Å². The van der Waals surface area contributed by atoms with Gasteiger partial charge in [-0.05, 0) is 37.0 Å². The molecule has 1 amide bonds. The van der Waals surface area contributed by atoms with Crippen molar-refractivity contribution in [3.8, 4) is 11.5 Å². The lowest BCUT2D eigenvalue weighted by molar-refractivity contribution is -0.141. The molecule has 1 atom stereocenters. The Kier molecular flexibility index (Phi) is 8.23. The summed E-state index contributed by atoms with van der Waals surface area (Å²) in [4.78, 5) is 34.8. The smallest absolute Gasteiger partial charge is 0.338 e. The minimum Gasteiger partial charge on any atom is -0.497 e. The third kappa shape index (κ3) is 5.51. The Morgan fingerprint density at radius 3 is 2.54 bits per heavy atom. The van der Waals surface area contributed by atoms with Gasteiger partial charge in [0.25, 0.3) is 0 Å². The van der Waals surface area contributed by atoms with E-state index >= 15 is 0 Å². The Morgan fingerprint density at radius 1 is 1.11 bits per heavy atom. The number of amidine groups is 1. The second-order valence-corrected chi connectivity index (χ2v) is 9.48. The van der Waals surface area contributed by atoms with Crippen LogP contribution in [0.3, 0.4) is 0 Å². The maximum absolute atomic E-state index is 13.6. The number of esters is 1. The normalized spacial score (nSPS) is 16.6. The highest BCUT2D eigenvalue weighted by Gasteiger charge is 2.42. The average Bonchev–Trinajstić information content (AvgIpc) is 3.32. The van der Waals surface area contributed by atoms with Crippen LogP contribution < -0.4 is 9.47 Å². The second kappa shape index (κ2) is 11.6. The molecule has 0 unspecified atom stereocenters. The van der Waals surface area contributed by atoms with Gasteiger partial charge in [-0.1, -0.05) is 42.1 Å². The minimum absolute atomic E-state index is 0.0180. The van der Waals surface area contributed by atoms with Crippen molar-refractivity contribution in [2.75, 3.05) is 27.8 Å². The summed E-state index contributed by atoms with van der Waals surface area (Å²) in [7, 11) is 4.94. The first kappa shape index (κ1) is 26.3. The maximum atomic E-state index is 13.6. The Bertz CT molecular complexity index is 1270. The van der Waals surface area contributed by atoms with E-state index in [2.05, 4.69) is 0 Å². The Balaban J connectivity index is 1.76. The number of benzene rings is 2. The first-order chi connectivity index (χ1) is 17.9. The molecule has 2 aromatic rings. The molecule has 37 heavy (non-hydrogen) atoms. The van der Waals surface area contributed by atoms with Gasteiger partial charge in [0.2, 0.25) is 5.91 Å². The Morgan fingerprint density at radius 2 is 1.86 bits per heavy atom. The lowest BCUT2D eigenvalue weighted by atomic mass is 9.93. The predicted octanol–water partition coefficient (Wildman–Crippen LogP) is 4.89. The van der Waals surface area contributed by atoms with Crippen LogP contribution in [-0.2, 0) is 20.9 Å². The van der Waals surface area contributed by atoms with Crippen LogP contribution in [0.15, 0.2) is 75.9 Å². The van der Waals surface area contributed by atoms with E-state index in [1.54, 1.807) is 39.2 Å². The Labute approximate surface area is 221 Å². The van der Waals surface area contributed by atoms with E-state index in [4.69, 9.17) is 19.2 Å². The number of carbonyl (C=O) groups is 2. The first-order valence-electron chi connectivity index (χ1n) is 12.0. The summed E-state index contributed by atoms with van der Waals surface area (Å²) in [5, 5.41) is 2.62. The number of hydrogen-bond acceptors (Lipinski definition) is 8. The molecule has 2 aliphatic rings. The number of rotatable bonds is 9. The van der Waals surface area contributed by atoms with Crippen LogP contribution in [0.4, 0.5) is 0 Å². The minimum atomic E-state index is -0.599. The first-order valence-corrected chi connectivity index (χ1v) is 12.9. The van der Waals surface area contributed by atoms with Crippen molar-refractivity contribution in [2.45, 2.75) is 32.9 Å². The highest BCUT2D eigenvalue weighted by atomic mass is 32.2. The van der Waals surface area contributed by atoms with Crippen LogP contribution in [0.5, 0.6) is 11.5 Å². The molecule has 0 saturated heterocycles. The zero-order valence-electron chi connectivity index (χ0n) is 21.7. The lowest BCUT2D eigenvalue weighted by Crippen LogP contribution is -2.38. The number of ether oxygens (including phenoxy) is 3. The van der Waals surface area contributed by atoms with Crippen LogP contribution in [0, 0.1) is 0 Å². The molecule has 2 aromatic carbocycles. The highest BCUT2D eigenvalue weighted by molar-refractivity contribution is 8.16. The molecular weight excluding hydrogens is 490 g/mol. The maximum Gasteiger partial charge on any atom is 0.338 e. The molecule has 4 rings (SSSR count). The van der Waals surface area contributed by atoms with E-state index in [1.807, 2.05) is 59.7 Å². The Hall–Kier alpha value is -3.72. The standard InChI is InChI=1S/C28H31N3O5S/c1-6-30(3)24(32)14-20-17-37-28-29-18(2)25(27(33)36-16-19-10-8-7-9-11-19)26(31(20)28)22-13-12-21(34-4)15-23(22)35-5/h7-13,15,17,26H,6,14,16H2,1-5H3/t26-/m1/s1. The van der Waals surface area contributed by atoms with Crippen molar-refractivity contribution in [3.05, 3.63) is 82.0 Å². The molecule has 0 aliphatic carbocycles. The molecular formula is C28H31N3O5S. The third-order valence-electron chi connectivity index (χ3n) is 6.40. The summed E-state index contributed by atoms with van der Waals surface area (Å²) >= 11 is 1.43. The molecule has 0 spiro atoms. The monoisotopic (exact) mass is 521 g/mol. The molecule has 8 nitrogen and oxygen atoms in total. The van der Waals surface area contributed by atoms with Gasteiger partial charge >= 0.3 is 5.97 Å². The second-order valence-electron chi connectivity index (χ2n) is 8.65. The van der Waals surface area contributed by atoms with Crippen LogP contribution >= 0.6 is 11.8 Å². The molecule has 0 fully saturated rings. The summed E-state index contributed by atoms with van der Waals surface area (Å²) in [6, 6.07) is 14.4. The largest absolute Gasteiger partial charge is 0.497 e. The van der Waals surface area contributed by atoms with Crippen molar-refractivity contribution < 1.29 is 23.8 Å². The summed E-state index contributed by atoms with van der Waals surface area (Å²) in [5.41, 5.74) is 3.35. The van der Waals surface area contributed by atoms with E-state index in [0.717, 1.165) is 16.8 Å². The average molecular weight is 522 g/mol. The predicted molar refractivity (Wildman–Crippen MR) is 144 cm³/mol. The number of aliphatic imine (C=N–C) groups is 1. The van der Waals surface area contributed by atoms with Crippen molar-refractivity contribution in [1.29, 1.82) is 0 Å². The zero-order valence-corrected chi connectivity index (χ0v) is 22.5.